The Balaban J connectivity index is 2.60. The molecule has 0 spiro atoms. The van der Waals surface area contributed by atoms with Crippen molar-refractivity contribution in [3.05, 3.63) is 12.2 Å². The highest BCUT2D eigenvalue weighted by atomic mass is 16.5. The third-order valence-corrected chi connectivity index (χ3v) is 2.13. The van der Waals surface area contributed by atoms with E-state index in [1.165, 1.54) is 12.2 Å². The molecule has 0 aromatic rings. The summed E-state index contributed by atoms with van der Waals surface area (Å²) < 4.78 is 5.00. The van der Waals surface area contributed by atoms with E-state index in [-0.39, 0.29) is 12.5 Å². The number of rotatable bonds is 0. The highest BCUT2D eigenvalue weighted by Gasteiger charge is 2.16. The molecule has 3 atom stereocenters. The van der Waals surface area contributed by atoms with Gasteiger partial charge in [-0.25, -0.2) is 0 Å². The van der Waals surface area contributed by atoms with Crippen molar-refractivity contribution in [2.24, 2.45) is 0 Å². The van der Waals surface area contributed by atoms with Gasteiger partial charge in [-0.15, -0.1) is 0 Å². The van der Waals surface area contributed by atoms with Gasteiger partial charge >= 0.3 is 5.97 Å². The maximum absolute atomic E-state index is 11.1. The van der Waals surface area contributed by atoms with E-state index in [0.717, 1.165) is 0 Å². The minimum absolute atomic E-state index is 0.0481. The minimum Gasteiger partial charge on any atom is -0.463 e. The molecule has 0 aromatic carbocycles. The van der Waals surface area contributed by atoms with E-state index in [0.29, 0.717) is 12.8 Å². The fourth-order valence-corrected chi connectivity index (χ4v) is 1.33. The second-order valence-electron chi connectivity index (χ2n) is 3.60. The third-order valence-electron chi connectivity index (χ3n) is 2.13. The highest BCUT2D eigenvalue weighted by molar-refractivity contribution is 5.70. The first-order valence-electron chi connectivity index (χ1n) is 4.82. The summed E-state index contributed by atoms with van der Waals surface area (Å²) in [6.07, 6.45) is 2.46. The van der Waals surface area contributed by atoms with Gasteiger partial charge in [0.2, 0.25) is 0 Å². The van der Waals surface area contributed by atoms with Gasteiger partial charge in [0, 0.05) is 0 Å². The maximum atomic E-state index is 11.1. The Morgan fingerprint density at radius 2 is 1.93 bits per heavy atom. The van der Waals surface area contributed by atoms with E-state index >= 15 is 0 Å². The smallest absolute Gasteiger partial charge is 0.309 e. The molecule has 2 N–H and O–H groups in total. The Hall–Kier alpha value is -0.870. The molecular weight excluding hydrogens is 184 g/mol. The van der Waals surface area contributed by atoms with Crippen molar-refractivity contribution in [2.45, 2.75) is 44.5 Å². The number of hydrogen-bond acceptors (Lipinski definition) is 4. The first-order valence-corrected chi connectivity index (χ1v) is 4.82. The van der Waals surface area contributed by atoms with Gasteiger partial charge < -0.3 is 14.9 Å². The summed E-state index contributed by atoms with van der Waals surface area (Å²) in [5.41, 5.74) is 0. The van der Waals surface area contributed by atoms with E-state index in [1.54, 1.807) is 6.92 Å². The predicted molar refractivity (Wildman–Crippen MR) is 50.6 cm³/mol. The zero-order chi connectivity index (χ0) is 10.6. The van der Waals surface area contributed by atoms with E-state index < -0.39 is 18.2 Å². The van der Waals surface area contributed by atoms with Gasteiger partial charge in [0.1, 0.15) is 0 Å². The molecule has 0 bridgehead atoms. The number of hydrogen-bond donors (Lipinski definition) is 2. The molecular formula is C10H16O4. The molecule has 4 heteroatoms. The molecule has 14 heavy (non-hydrogen) atoms. The van der Waals surface area contributed by atoms with Crippen molar-refractivity contribution < 1.29 is 19.7 Å². The lowest BCUT2D eigenvalue weighted by Gasteiger charge is -2.17. The van der Waals surface area contributed by atoms with Crippen molar-refractivity contribution in [2.75, 3.05) is 0 Å². The lowest BCUT2D eigenvalue weighted by molar-refractivity contribution is -0.150. The number of aliphatic hydroxyl groups is 2. The Labute approximate surface area is 83.2 Å². The van der Waals surface area contributed by atoms with Gasteiger partial charge in [-0.3, -0.25) is 4.79 Å². The largest absolute Gasteiger partial charge is 0.463 e. The SMILES string of the molecule is C[C@@H]1CC[C@H](O)C=C[C@@H](O)CC(=O)O1. The maximum Gasteiger partial charge on any atom is 0.309 e. The average Bonchev–Trinajstić information content (AvgIpc) is 2.10. The number of ether oxygens (including phenoxy) is 1. The molecule has 0 unspecified atom stereocenters. The molecule has 0 saturated carbocycles. The first-order chi connectivity index (χ1) is 6.58. The van der Waals surface area contributed by atoms with Gasteiger partial charge in [0.15, 0.2) is 0 Å². The molecule has 0 aliphatic carbocycles. The van der Waals surface area contributed by atoms with Gasteiger partial charge in [0.25, 0.3) is 0 Å². The fourth-order valence-electron chi connectivity index (χ4n) is 1.33. The zero-order valence-corrected chi connectivity index (χ0v) is 8.22. The van der Waals surface area contributed by atoms with Gasteiger partial charge in [-0.05, 0) is 19.8 Å². The van der Waals surface area contributed by atoms with E-state index in [4.69, 9.17) is 4.74 Å². The third kappa shape index (κ3) is 3.89. The highest BCUT2D eigenvalue weighted by Crippen LogP contribution is 2.10. The standard InChI is InChI=1S/C10H16O4/c1-7-2-3-8(11)4-5-9(12)6-10(13)14-7/h4-5,7-9,11-12H,2-3,6H2,1H3/t7-,8+,9-/m1/s1. The van der Waals surface area contributed by atoms with E-state index in [1.807, 2.05) is 0 Å². The van der Waals surface area contributed by atoms with Gasteiger partial charge in [-0.2, -0.15) is 0 Å². The van der Waals surface area contributed by atoms with Crippen LogP contribution in [0.2, 0.25) is 0 Å². The summed E-state index contributed by atoms with van der Waals surface area (Å²) in [6.45, 7) is 1.78. The van der Waals surface area contributed by atoms with Crippen molar-refractivity contribution in [3.8, 4) is 0 Å². The molecule has 1 rings (SSSR count). The lowest BCUT2D eigenvalue weighted by Crippen LogP contribution is -2.22. The molecule has 4 nitrogen and oxygen atoms in total. The summed E-state index contributed by atoms with van der Waals surface area (Å²) in [6, 6.07) is 0. The van der Waals surface area contributed by atoms with Crippen LogP contribution in [-0.2, 0) is 9.53 Å². The Bertz CT molecular complexity index is 224. The van der Waals surface area contributed by atoms with E-state index in [2.05, 4.69) is 0 Å². The monoisotopic (exact) mass is 200 g/mol. The molecule has 0 radical (unpaired) electrons. The Kier molecular flexibility index (Phi) is 4.10. The molecule has 1 heterocycles. The second-order valence-corrected chi connectivity index (χ2v) is 3.60. The quantitative estimate of drug-likeness (QED) is 0.438. The fraction of sp³-hybridized carbons (Fsp3) is 0.700. The van der Waals surface area contributed by atoms with Crippen molar-refractivity contribution in [3.63, 3.8) is 0 Å². The summed E-state index contributed by atoms with van der Waals surface area (Å²) >= 11 is 0. The molecule has 80 valence electrons. The second kappa shape index (κ2) is 5.12. The van der Waals surface area contributed by atoms with Gasteiger partial charge in [-0.1, -0.05) is 12.2 Å². The van der Waals surface area contributed by atoms with Crippen LogP contribution in [0.1, 0.15) is 26.2 Å². The van der Waals surface area contributed by atoms with Crippen LogP contribution in [-0.4, -0.2) is 34.5 Å². The molecule has 0 saturated heterocycles. The zero-order valence-electron chi connectivity index (χ0n) is 8.22. The van der Waals surface area contributed by atoms with E-state index in [9.17, 15) is 15.0 Å². The number of aliphatic hydroxyl groups excluding tert-OH is 2. The van der Waals surface area contributed by atoms with Gasteiger partial charge in [0.05, 0.1) is 24.7 Å². The topological polar surface area (TPSA) is 66.8 Å². The summed E-state index contributed by atoms with van der Waals surface area (Å²) in [5, 5.41) is 18.7. The van der Waals surface area contributed by atoms with Crippen LogP contribution in [0.25, 0.3) is 0 Å². The van der Waals surface area contributed by atoms with Crippen LogP contribution in [0.4, 0.5) is 0 Å². The first kappa shape index (κ1) is 11.2. The summed E-state index contributed by atoms with van der Waals surface area (Å²) in [5.74, 6) is -0.397. The van der Waals surface area contributed by atoms with Crippen LogP contribution in [0.15, 0.2) is 12.2 Å². The molecule has 1 aliphatic heterocycles. The van der Waals surface area contributed by atoms with Crippen molar-refractivity contribution in [1.82, 2.24) is 0 Å². The molecule has 0 aromatic heterocycles. The average molecular weight is 200 g/mol. The molecule has 1 aliphatic rings. The predicted octanol–water partition coefficient (Wildman–Crippen LogP) is 0.380. The summed E-state index contributed by atoms with van der Waals surface area (Å²) in [4.78, 5) is 11.1. The molecule has 0 fully saturated rings. The minimum atomic E-state index is -0.859. The lowest BCUT2D eigenvalue weighted by atomic mass is 10.1. The van der Waals surface area contributed by atoms with Crippen LogP contribution in [0.5, 0.6) is 0 Å². The number of carbonyl (C=O) groups excluding carboxylic acids is 1. The number of carbonyl (C=O) groups is 1. The van der Waals surface area contributed by atoms with Crippen LogP contribution in [0, 0.1) is 0 Å². The van der Waals surface area contributed by atoms with Crippen molar-refractivity contribution >= 4 is 5.97 Å². The van der Waals surface area contributed by atoms with Crippen LogP contribution >= 0.6 is 0 Å². The number of esters is 1. The van der Waals surface area contributed by atoms with Crippen LogP contribution < -0.4 is 0 Å². The molecule has 0 amide bonds. The Morgan fingerprint density at radius 1 is 1.29 bits per heavy atom. The Morgan fingerprint density at radius 3 is 2.64 bits per heavy atom. The van der Waals surface area contributed by atoms with Crippen molar-refractivity contribution in [1.29, 1.82) is 0 Å². The van der Waals surface area contributed by atoms with Crippen LogP contribution in [0.3, 0.4) is 0 Å². The summed E-state index contributed by atoms with van der Waals surface area (Å²) in [7, 11) is 0. The normalized spacial score (nSPS) is 35.1. The number of cyclic esters (lactones) is 1.